The van der Waals surface area contributed by atoms with E-state index in [4.69, 9.17) is 4.42 Å². The van der Waals surface area contributed by atoms with E-state index in [9.17, 15) is 19.8 Å². The molecule has 2 heterocycles. The smallest absolute Gasteiger partial charge is 0.294 e. The predicted molar refractivity (Wildman–Crippen MR) is 152 cm³/mol. The minimum Gasteiger partial charge on any atom is -0.508 e. The predicted octanol–water partition coefficient (Wildman–Crippen LogP) is 7.43. The van der Waals surface area contributed by atoms with E-state index in [1.54, 1.807) is 42.5 Å². The number of nitrogens with zero attached hydrogens (tertiary/aromatic N) is 1. The lowest BCUT2D eigenvalue weighted by Crippen LogP contribution is -2.31. The first-order valence-corrected chi connectivity index (χ1v) is 12.9. The van der Waals surface area contributed by atoms with Gasteiger partial charge in [0.15, 0.2) is 11.5 Å². The summed E-state index contributed by atoms with van der Waals surface area (Å²) in [5, 5.41) is 24.9. The molecule has 1 unspecified atom stereocenters. The van der Waals surface area contributed by atoms with Gasteiger partial charge in [-0.2, -0.15) is 0 Å². The van der Waals surface area contributed by atoms with Crippen molar-refractivity contribution in [2.75, 3.05) is 10.2 Å². The summed E-state index contributed by atoms with van der Waals surface area (Å²) in [5.74, 6) is -1.92. The molecule has 0 aliphatic carbocycles. The van der Waals surface area contributed by atoms with Gasteiger partial charge in [0.05, 0.1) is 11.6 Å². The number of rotatable bonds is 6. The first-order chi connectivity index (χ1) is 18.9. The summed E-state index contributed by atoms with van der Waals surface area (Å²) in [4.78, 5) is 28.6. The van der Waals surface area contributed by atoms with E-state index in [-0.39, 0.29) is 17.1 Å². The minimum absolute atomic E-state index is 0.00508. The fourth-order valence-corrected chi connectivity index (χ4v) is 5.11. The summed E-state index contributed by atoms with van der Waals surface area (Å²) in [6, 6.07) is 29.0. The molecule has 0 saturated heterocycles. The van der Waals surface area contributed by atoms with Crippen LogP contribution >= 0.6 is 15.9 Å². The topological polar surface area (TPSA) is 103 Å². The van der Waals surface area contributed by atoms with Crippen molar-refractivity contribution >= 4 is 55.7 Å². The molecule has 39 heavy (non-hydrogen) atoms. The second-order valence-electron chi connectivity index (χ2n) is 9.09. The van der Waals surface area contributed by atoms with Crippen molar-refractivity contribution < 1.29 is 24.2 Å². The van der Waals surface area contributed by atoms with Gasteiger partial charge in [-0.1, -0.05) is 46.3 Å². The molecule has 8 heteroatoms. The van der Waals surface area contributed by atoms with E-state index in [0.717, 1.165) is 15.8 Å². The molecule has 0 fully saturated rings. The molecule has 6 rings (SSSR count). The Morgan fingerprint density at radius 1 is 0.846 bits per heavy atom. The van der Waals surface area contributed by atoms with Crippen LogP contribution in [0.25, 0.3) is 11.0 Å². The summed E-state index contributed by atoms with van der Waals surface area (Å²) < 4.78 is 6.63. The Morgan fingerprint density at radius 2 is 1.54 bits per heavy atom. The average Bonchev–Trinajstić information content (AvgIpc) is 3.48. The van der Waals surface area contributed by atoms with Gasteiger partial charge < -0.3 is 19.9 Å². The molecule has 0 spiro atoms. The second-order valence-corrected chi connectivity index (χ2v) is 10.0. The van der Waals surface area contributed by atoms with E-state index in [1.165, 1.54) is 17.0 Å². The Labute approximate surface area is 231 Å². The number of Topliss-reactive ketones (excluding diaryl/α,β-unsaturated/α-hetero) is 1. The van der Waals surface area contributed by atoms with Crippen LogP contribution in [0.15, 0.2) is 123 Å². The fourth-order valence-electron chi connectivity index (χ4n) is 4.73. The molecule has 3 N–H and O–H groups in total. The van der Waals surface area contributed by atoms with Gasteiger partial charge in [0.2, 0.25) is 5.78 Å². The fraction of sp³-hybridized carbons (Fsp3) is 0.0323. The number of aliphatic hydroxyl groups is 1. The van der Waals surface area contributed by atoms with Crippen molar-refractivity contribution in [1.82, 2.24) is 0 Å². The van der Waals surface area contributed by atoms with E-state index >= 15 is 0 Å². The maximum Gasteiger partial charge on any atom is 0.294 e. The van der Waals surface area contributed by atoms with Crippen molar-refractivity contribution in [3.05, 3.63) is 130 Å². The van der Waals surface area contributed by atoms with Gasteiger partial charge in [0.25, 0.3) is 5.91 Å². The molecule has 192 valence electrons. The number of ketones is 1. The minimum atomic E-state index is -0.946. The zero-order valence-electron chi connectivity index (χ0n) is 20.3. The number of carbonyl (C=O) groups excluding carboxylic acids is 2. The third-order valence-electron chi connectivity index (χ3n) is 6.57. The summed E-state index contributed by atoms with van der Waals surface area (Å²) >= 11 is 3.41. The Kier molecular flexibility index (Phi) is 6.17. The van der Waals surface area contributed by atoms with Crippen LogP contribution in [-0.4, -0.2) is 21.9 Å². The zero-order chi connectivity index (χ0) is 27.1. The first-order valence-electron chi connectivity index (χ1n) is 12.1. The molecular weight excluding hydrogens is 560 g/mol. The Hall–Kier alpha value is -4.82. The summed E-state index contributed by atoms with van der Waals surface area (Å²) in [6.45, 7) is 0. The van der Waals surface area contributed by atoms with Gasteiger partial charge >= 0.3 is 0 Å². The van der Waals surface area contributed by atoms with Crippen molar-refractivity contribution in [3.8, 4) is 5.75 Å². The molecule has 1 aliphatic rings. The van der Waals surface area contributed by atoms with E-state index in [0.29, 0.717) is 22.2 Å². The normalized spacial score (nSPS) is 15.3. The van der Waals surface area contributed by atoms with Crippen LogP contribution in [0.2, 0.25) is 0 Å². The molecule has 0 radical (unpaired) electrons. The van der Waals surface area contributed by atoms with Crippen LogP contribution < -0.4 is 10.2 Å². The number of fused-ring (bicyclic) bond motifs is 1. The highest BCUT2D eigenvalue weighted by molar-refractivity contribution is 9.10. The number of anilines is 3. The van der Waals surface area contributed by atoms with Gasteiger partial charge in [0.1, 0.15) is 11.3 Å². The monoisotopic (exact) mass is 580 g/mol. The number of hydrogen-bond donors (Lipinski definition) is 3. The highest BCUT2D eigenvalue weighted by Crippen LogP contribution is 2.43. The molecule has 1 aromatic heterocycles. The number of phenolic OH excluding ortho intramolecular Hbond substituents is 1. The van der Waals surface area contributed by atoms with Crippen LogP contribution in [-0.2, 0) is 4.79 Å². The molecule has 5 aromatic rings. The van der Waals surface area contributed by atoms with Gasteiger partial charge in [0, 0.05) is 26.9 Å². The van der Waals surface area contributed by atoms with E-state index in [2.05, 4.69) is 21.2 Å². The van der Waals surface area contributed by atoms with Crippen LogP contribution in [0.4, 0.5) is 17.1 Å². The van der Waals surface area contributed by atoms with Crippen molar-refractivity contribution in [1.29, 1.82) is 0 Å². The van der Waals surface area contributed by atoms with Gasteiger partial charge in [-0.15, -0.1) is 0 Å². The Bertz CT molecular complexity index is 1740. The van der Waals surface area contributed by atoms with Gasteiger partial charge in [-0.3, -0.25) is 14.5 Å². The van der Waals surface area contributed by atoms with Crippen LogP contribution in [0.5, 0.6) is 5.75 Å². The third-order valence-corrected chi connectivity index (χ3v) is 7.06. The number of hydrogen-bond acceptors (Lipinski definition) is 6. The summed E-state index contributed by atoms with van der Waals surface area (Å²) in [6.07, 6.45) is 0. The highest BCUT2D eigenvalue weighted by atomic mass is 79.9. The Morgan fingerprint density at radius 3 is 2.26 bits per heavy atom. The van der Waals surface area contributed by atoms with Crippen LogP contribution in [0, 0.1) is 0 Å². The quantitative estimate of drug-likeness (QED) is 0.180. The van der Waals surface area contributed by atoms with Gasteiger partial charge in [-0.25, -0.2) is 0 Å². The van der Waals surface area contributed by atoms with Crippen molar-refractivity contribution in [3.63, 3.8) is 0 Å². The summed E-state index contributed by atoms with van der Waals surface area (Å²) in [5.41, 5.74) is 3.15. The molecule has 4 aromatic carbocycles. The van der Waals surface area contributed by atoms with Crippen LogP contribution in [0.3, 0.4) is 0 Å². The molecule has 7 nitrogen and oxygen atoms in total. The first kappa shape index (κ1) is 24.5. The number of carbonyl (C=O) groups is 2. The average molecular weight is 581 g/mol. The number of phenols is 1. The standard InChI is InChI=1S/C31H21BrN2O5/c32-20-8-15-25-19(16-20)17-26(39-25)29(36)27-28(18-6-13-24(35)14-7-18)34(31(38)30(27)37)23-11-9-22(10-12-23)33-21-4-2-1-3-5-21/h1-17,28,33,35,37H. The lowest BCUT2D eigenvalue weighted by Gasteiger charge is -2.27. The number of nitrogens with one attached hydrogen (secondary N) is 1. The number of aliphatic hydroxyl groups excluding tert-OH is 1. The van der Waals surface area contributed by atoms with E-state index in [1.807, 2.05) is 48.5 Å². The van der Waals surface area contributed by atoms with Crippen LogP contribution in [0.1, 0.15) is 22.2 Å². The number of para-hydroxylation sites is 1. The Balaban J connectivity index is 1.40. The number of amides is 1. The second kappa shape index (κ2) is 9.81. The zero-order valence-corrected chi connectivity index (χ0v) is 21.9. The number of halogens is 1. The molecule has 1 atom stereocenters. The number of benzene rings is 4. The molecular formula is C31H21BrN2O5. The molecule has 1 aliphatic heterocycles. The number of aromatic hydroxyl groups is 1. The lowest BCUT2D eigenvalue weighted by molar-refractivity contribution is -0.117. The van der Waals surface area contributed by atoms with Crippen molar-refractivity contribution in [2.45, 2.75) is 6.04 Å². The third kappa shape index (κ3) is 4.55. The largest absolute Gasteiger partial charge is 0.508 e. The SMILES string of the molecule is O=C(C1=C(O)C(=O)N(c2ccc(Nc3ccccc3)cc2)C1c1ccc(O)cc1)c1cc2cc(Br)ccc2o1. The molecule has 1 amide bonds. The van der Waals surface area contributed by atoms with Crippen molar-refractivity contribution in [2.24, 2.45) is 0 Å². The van der Waals surface area contributed by atoms with Gasteiger partial charge in [-0.05, 0) is 78.4 Å². The molecule has 0 saturated carbocycles. The highest BCUT2D eigenvalue weighted by Gasteiger charge is 2.45. The maximum absolute atomic E-state index is 13.8. The van der Waals surface area contributed by atoms with E-state index < -0.39 is 23.5 Å². The molecule has 0 bridgehead atoms. The summed E-state index contributed by atoms with van der Waals surface area (Å²) in [7, 11) is 0. The number of furan rings is 1. The lowest BCUT2D eigenvalue weighted by atomic mass is 9.94. The maximum atomic E-state index is 13.8.